The van der Waals surface area contributed by atoms with E-state index in [-0.39, 0.29) is 5.02 Å². The van der Waals surface area contributed by atoms with Crippen LogP contribution < -0.4 is 5.73 Å². The summed E-state index contributed by atoms with van der Waals surface area (Å²) in [6, 6.07) is 4.69. The molecule has 0 fully saturated rings. The summed E-state index contributed by atoms with van der Waals surface area (Å²) in [6.07, 6.45) is 0. The van der Waals surface area contributed by atoms with E-state index in [4.69, 9.17) is 17.3 Å². The molecule has 1 nitrogen and oxygen atoms in total. The first-order valence-electron chi connectivity index (χ1n) is 2.32. The van der Waals surface area contributed by atoms with Crippen molar-refractivity contribution in [2.75, 3.05) is 5.73 Å². The second kappa shape index (κ2) is 2.23. The number of hydrogen-bond donors (Lipinski definition) is 1. The molecule has 0 amide bonds. The summed E-state index contributed by atoms with van der Waals surface area (Å²) in [5.74, 6) is -0.491. The van der Waals surface area contributed by atoms with Gasteiger partial charge in [-0.15, -0.1) is 0 Å². The normalized spacial score (nSPS) is 9.56. The number of nitrogen functional groups attached to an aromatic ring is 1. The van der Waals surface area contributed by atoms with Crippen LogP contribution in [-0.4, -0.2) is 0 Å². The van der Waals surface area contributed by atoms with Gasteiger partial charge < -0.3 is 5.73 Å². The Morgan fingerprint density at radius 2 is 2.33 bits per heavy atom. The lowest BCUT2D eigenvalue weighted by Gasteiger charge is -1.93. The first-order valence-corrected chi connectivity index (χ1v) is 2.70. The van der Waals surface area contributed by atoms with Crippen LogP contribution in [0.5, 0.6) is 0 Å². The number of nitrogens with two attached hydrogens (primary N) is 1. The summed E-state index contributed by atoms with van der Waals surface area (Å²) in [5, 5.41) is 0.228. The maximum absolute atomic E-state index is 12.2. The summed E-state index contributed by atoms with van der Waals surface area (Å²) in [6.45, 7) is 0. The molecule has 0 aliphatic carbocycles. The summed E-state index contributed by atoms with van der Waals surface area (Å²) in [5.41, 5.74) is 5.60. The molecule has 0 saturated heterocycles. The van der Waals surface area contributed by atoms with Crippen LogP contribution in [0.2, 0.25) is 5.02 Å². The van der Waals surface area contributed by atoms with E-state index in [1.165, 1.54) is 6.07 Å². The zero-order valence-corrected chi connectivity index (χ0v) is 5.24. The lowest BCUT2D eigenvalue weighted by Crippen LogP contribution is -1.85. The van der Waals surface area contributed by atoms with Crippen molar-refractivity contribution < 1.29 is 4.39 Å². The highest BCUT2D eigenvalue weighted by molar-refractivity contribution is 6.33. The lowest BCUT2D eigenvalue weighted by atomic mass is 10.3. The molecule has 1 rings (SSSR count). The molecule has 1 aromatic rings. The van der Waals surface area contributed by atoms with E-state index in [0.29, 0.717) is 5.69 Å². The summed E-state index contributed by atoms with van der Waals surface area (Å²) >= 11 is 5.43. The van der Waals surface area contributed by atoms with Crippen LogP contribution in [0.15, 0.2) is 12.1 Å². The van der Waals surface area contributed by atoms with Crippen LogP contribution in [0.1, 0.15) is 0 Å². The maximum atomic E-state index is 12.2. The van der Waals surface area contributed by atoms with Gasteiger partial charge in [0.25, 0.3) is 0 Å². The molecule has 0 aliphatic heterocycles. The zero-order valence-electron chi connectivity index (χ0n) is 4.49. The molecule has 0 heterocycles. The van der Waals surface area contributed by atoms with Crippen LogP contribution >= 0.6 is 11.6 Å². The van der Waals surface area contributed by atoms with Gasteiger partial charge in [-0.25, -0.2) is 4.39 Å². The molecule has 9 heavy (non-hydrogen) atoms. The Kier molecular flexibility index (Phi) is 1.58. The monoisotopic (exact) mass is 144 g/mol. The topological polar surface area (TPSA) is 26.0 Å². The fraction of sp³-hybridized carbons (Fsp3) is 0. The summed E-state index contributed by atoms with van der Waals surface area (Å²) < 4.78 is 12.2. The highest BCUT2D eigenvalue weighted by Crippen LogP contribution is 2.17. The molecule has 3 heteroatoms. The third-order valence-corrected chi connectivity index (χ3v) is 1.22. The fourth-order valence-corrected chi connectivity index (χ4v) is 0.602. The Bertz CT molecular complexity index is 224. The van der Waals surface area contributed by atoms with Gasteiger partial charge in [-0.05, 0) is 12.1 Å². The molecule has 47 valence electrons. The van der Waals surface area contributed by atoms with E-state index < -0.39 is 5.82 Å². The van der Waals surface area contributed by atoms with Gasteiger partial charge in [0, 0.05) is 6.07 Å². The summed E-state index contributed by atoms with van der Waals surface area (Å²) in [4.78, 5) is 0. The van der Waals surface area contributed by atoms with Crippen molar-refractivity contribution >= 4 is 17.3 Å². The highest BCUT2D eigenvalue weighted by Gasteiger charge is 1.95. The third kappa shape index (κ3) is 1.33. The van der Waals surface area contributed by atoms with Crippen molar-refractivity contribution in [1.29, 1.82) is 0 Å². The molecule has 0 spiro atoms. The number of anilines is 1. The first kappa shape index (κ1) is 6.36. The molecule has 0 aromatic heterocycles. The fourth-order valence-electron chi connectivity index (χ4n) is 0.452. The Labute approximate surface area is 57.2 Å². The average Bonchev–Trinajstić information content (AvgIpc) is 1.80. The van der Waals surface area contributed by atoms with Gasteiger partial charge in [0.1, 0.15) is 5.82 Å². The van der Waals surface area contributed by atoms with Crippen LogP contribution in [0.3, 0.4) is 0 Å². The van der Waals surface area contributed by atoms with E-state index in [9.17, 15) is 4.39 Å². The van der Waals surface area contributed by atoms with Gasteiger partial charge in [0.2, 0.25) is 0 Å². The van der Waals surface area contributed by atoms with Gasteiger partial charge in [-0.1, -0.05) is 11.6 Å². The van der Waals surface area contributed by atoms with Crippen molar-refractivity contribution in [3.63, 3.8) is 0 Å². The van der Waals surface area contributed by atoms with E-state index >= 15 is 0 Å². The number of rotatable bonds is 0. The van der Waals surface area contributed by atoms with E-state index in [1.807, 2.05) is 0 Å². The minimum atomic E-state index is -0.491. The SMILES string of the molecule is Nc1c[c]c(F)cc1Cl. The average molecular weight is 145 g/mol. The molecule has 0 atom stereocenters. The zero-order chi connectivity index (χ0) is 6.85. The van der Waals surface area contributed by atoms with E-state index in [2.05, 4.69) is 6.07 Å². The standard InChI is InChI=1S/C6H4ClFN/c7-5-3-4(8)1-2-6(5)9/h2-3H,9H2. The smallest absolute Gasteiger partial charge is 0.132 e. The van der Waals surface area contributed by atoms with Crippen molar-refractivity contribution in [1.82, 2.24) is 0 Å². The molecular formula is C6H4ClFN. The lowest BCUT2D eigenvalue weighted by molar-refractivity contribution is 0.626. The van der Waals surface area contributed by atoms with Crippen molar-refractivity contribution in [3.8, 4) is 0 Å². The van der Waals surface area contributed by atoms with Crippen molar-refractivity contribution in [2.45, 2.75) is 0 Å². The Hall–Kier alpha value is -0.760. The molecule has 0 bridgehead atoms. The Morgan fingerprint density at radius 1 is 1.67 bits per heavy atom. The number of benzene rings is 1. The first-order chi connectivity index (χ1) is 4.20. The number of hydrogen-bond acceptors (Lipinski definition) is 1. The van der Waals surface area contributed by atoms with Crippen LogP contribution in [0, 0.1) is 11.9 Å². The quantitative estimate of drug-likeness (QED) is 0.553. The van der Waals surface area contributed by atoms with Gasteiger partial charge in [-0.3, -0.25) is 0 Å². The minimum absolute atomic E-state index is 0.228. The molecule has 2 N–H and O–H groups in total. The summed E-state index contributed by atoms with van der Waals surface area (Å²) in [7, 11) is 0. The van der Waals surface area contributed by atoms with Crippen LogP contribution in [0.25, 0.3) is 0 Å². The molecular weight excluding hydrogens is 141 g/mol. The molecule has 1 radical (unpaired) electrons. The van der Waals surface area contributed by atoms with Crippen molar-refractivity contribution in [2.24, 2.45) is 0 Å². The second-order valence-corrected chi connectivity index (χ2v) is 1.99. The Balaban J connectivity index is 3.17. The predicted octanol–water partition coefficient (Wildman–Crippen LogP) is 1.86. The van der Waals surface area contributed by atoms with Crippen molar-refractivity contribution in [3.05, 3.63) is 29.0 Å². The highest BCUT2D eigenvalue weighted by atomic mass is 35.5. The molecule has 0 aliphatic rings. The third-order valence-electron chi connectivity index (χ3n) is 0.895. The Morgan fingerprint density at radius 3 is 2.78 bits per heavy atom. The minimum Gasteiger partial charge on any atom is -0.398 e. The van der Waals surface area contributed by atoms with E-state index in [1.54, 1.807) is 0 Å². The number of halogens is 2. The molecule has 0 unspecified atom stereocenters. The molecule has 1 aromatic carbocycles. The van der Waals surface area contributed by atoms with Gasteiger partial charge in [0.05, 0.1) is 10.7 Å². The predicted molar refractivity (Wildman–Crippen MR) is 34.7 cm³/mol. The van der Waals surface area contributed by atoms with Gasteiger partial charge >= 0.3 is 0 Å². The van der Waals surface area contributed by atoms with Crippen LogP contribution in [0.4, 0.5) is 10.1 Å². The molecule has 0 saturated carbocycles. The second-order valence-electron chi connectivity index (χ2n) is 1.58. The van der Waals surface area contributed by atoms with Gasteiger partial charge in [0.15, 0.2) is 0 Å². The van der Waals surface area contributed by atoms with E-state index in [0.717, 1.165) is 6.07 Å². The van der Waals surface area contributed by atoms with Gasteiger partial charge in [-0.2, -0.15) is 0 Å². The maximum Gasteiger partial charge on any atom is 0.132 e. The largest absolute Gasteiger partial charge is 0.398 e. The van der Waals surface area contributed by atoms with Crippen LogP contribution in [-0.2, 0) is 0 Å².